The standard InChI is InChI=1S/C13H17FN2O2/c1-9-11(13(17)18)6-10(7-12(9)14)8-16-4-2-15-3-5-16/h6-7,15H,2-5,8H2,1H3,(H,17,18). The van der Waals surface area contributed by atoms with Crippen LogP contribution in [0.15, 0.2) is 12.1 Å². The van der Waals surface area contributed by atoms with Crippen molar-refractivity contribution in [3.05, 3.63) is 34.6 Å². The maximum Gasteiger partial charge on any atom is 0.336 e. The van der Waals surface area contributed by atoms with E-state index in [0.29, 0.717) is 6.54 Å². The summed E-state index contributed by atoms with van der Waals surface area (Å²) in [7, 11) is 0. The van der Waals surface area contributed by atoms with E-state index in [-0.39, 0.29) is 11.1 Å². The monoisotopic (exact) mass is 252 g/mol. The molecule has 2 rings (SSSR count). The maximum absolute atomic E-state index is 13.7. The predicted octanol–water partition coefficient (Wildman–Crippen LogP) is 1.24. The van der Waals surface area contributed by atoms with E-state index < -0.39 is 11.8 Å². The number of carboxylic acid groups (broad SMARTS) is 1. The molecule has 0 aliphatic carbocycles. The van der Waals surface area contributed by atoms with Crippen molar-refractivity contribution in [3.63, 3.8) is 0 Å². The quantitative estimate of drug-likeness (QED) is 0.849. The second-order valence-electron chi connectivity index (χ2n) is 4.58. The van der Waals surface area contributed by atoms with Crippen LogP contribution < -0.4 is 5.32 Å². The molecule has 0 bridgehead atoms. The lowest BCUT2D eigenvalue weighted by atomic mass is 10.0. The number of halogens is 1. The number of benzene rings is 1. The zero-order valence-corrected chi connectivity index (χ0v) is 10.4. The SMILES string of the molecule is Cc1c(F)cc(CN2CCNCC2)cc1C(=O)O. The van der Waals surface area contributed by atoms with Gasteiger partial charge < -0.3 is 10.4 Å². The van der Waals surface area contributed by atoms with Crippen molar-refractivity contribution in [1.82, 2.24) is 10.2 Å². The van der Waals surface area contributed by atoms with Gasteiger partial charge in [-0.25, -0.2) is 9.18 Å². The Labute approximate surface area is 105 Å². The van der Waals surface area contributed by atoms with E-state index in [1.807, 2.05) is 0 Å². The molecule has 1 aliphatic heterocycles. The summed E-state index contributed by atoms with van der Waals surface area (Å²) in [5, 5.41) is 12.3. The minimum absolute atomic E-state index is 0.0557. The average molecular weight is 252 g/mol. The number of carboxylic acids is 1. The number of nitrogens with one attached hydrogen (secondary N) is 1. The van der Waals surface area contributed by atoms with Crippen molar-refractivity contribution in [1.29, 1.82) is 0 Å². The summed E-state index contributed by atoms with van der Waals surface area (Å²) in [5.74, 6) is -1.52. The van der Waals surface area contributed by atoms with E-state index in [1.54, 1.807) is 6.07 Å². The molecule has 18 heavy (non-hydrogen) atoms. The smallest absolute Gasteiger partial charge is 0.336 e. The van der Waals surface area contributed by atoms with Crippen LogP contribution in [0.1, 0.15) is 21.5 Å². The third kappa shape index (κ3) is 2.86. The first-order valence-corrected chi connectivity index (χ1v) is 6.03. The van der Waals surface area contributed by atoms with Crippen molar-refractivity contribution in [2.24, 2.45) is 0 Å². The fourth-order valence-corrected chi connectivity index (χ4v) is 2.18. The molecule has 0 unspecified atom stereocenters. The van der Waals surface area contributed by atoms with Gasteiger partial charge in [-0.15, -0.1) is 0 Å². The van der Waals surface area contributed by atoms with Crippen LogP contribution in [0.3, 0.4) is 0 Å². The number of hydrogen-bond acceptors (Lipinski definition) is 3. The third-order valence-electron chi connectivity index (χ3n) is 3.25. The fourth-order valence-electron chi connectivity index (χ4n) is 2.18. The van der Waals surface area contributed by atoms with E-state index in [0.717, 1.165) is 31.7 Å². The summed E-state index contributed by atoms with van der Waals surface area (Å²) in [4.78, 5) is 13.2. The highest BCUT2D eigenvalue weighted by Gasteiger charge is 2.15. The highest BCUT2D eigenvalue weighted by molar-refractivity contribution is 5.89. The molecule has 1 fully saturated rings. The summed E-state index contributed by atoms with van der Waals surface area (Å²) in [6.07, 6.45) is 0. The minimum atomic E-state index is -1.08. The Morgan fingerprint density at radius 2 is 2.11 bits per heavy atom. The van der Waals surface area contributed by atoms with Crippen molar-refractivity contribution >= 4 is 5.97 Å². The molecule has 0 saturated carbocycles. The molecule has 0 amide bonds. The van der Waals surface area contributed by atoms with Gasteiger partial charge >= 0.3 is 5.97 Å². The normalized spacial score (nSPS) is 16.8. The molecule has 1 heterocycles. The molecule has 1 aromatic carbocycles. The number of nitrogens with zero attached hydrogens (tertiary/aromatic N) is 1. The van der Waals surface area contributed by atoms with Crippen molar-refractivity contribution in [2.45, 2.75) is 13.5 Å². The van der Waals surface area contributed by atoms with E-state index >= 15 is 0 Å². The molecule has 0 aromatic heterocycles. The molecule has 1 aromatic rings. The van der Waals surface area contributed by atoms with Gasteiger partial charge in [-0.05, 0) is 30.2 Å². The molecule has 4 nitrogen and oxygen atoms in total. The molecule has 0 radical (unpaired) electrons. The molecule has 2 N–H and O–H groups in total. The van der Waals surface area contributed by atoms with Gasteiger partial charge in [0.1, 0.15) is 5.82 Å². The van der Waals surface area contributed by atoms with Crippen LogP contribution in [-0.4, -0.2) is 42.2 Å². The molecule has 0 atom stereocenters. The van der Waals surface area contributed by atoms with Crippen LogP contribution in [0.25, 0.3) is 0 Å². The lowest BCUT2D eigenvalue weighted by molar-refractivity contribution is 0.0695. The Balaban J connectivity index is 2.20. The number of hydrogen-bond donors (Lipinski definition) is 2. The van der Waals surface area contributed by atoms with Crippen LogP contribution in [0, 0.1) is 12.7 Å². The molecule has 1 aliphatic rings. The van der Waals surface area contributed by atoms with E-state index in [4.69, 9.17) is 5.11 Å². The van der Waals surface area contributed by atoms with Gasteiger partial charge in [0.25, 0.3) is 0 Å². The largest absolute Gasteiger partial charge is 0.478 e. The van der Waals surface area contributed by atoms with E-state index in [2.05, 4.69) is 10.2 Å². The lowest BCUT2D eigenvalue weighted by Crippen LogP contribution is -2.42. The Morgan fingerprint density at radius 1 is 1.44 bits per heavy atom. The number of piperazine rings is 1. The Bertz CT molecular complexity index is 457. The second-order valence-corrected chi connectivity index (χ2v) is 4.58. The summed E-state index contributed by atoms with van der Waals surface area (Å²) in [5.41, 5.74) is 0.976. The average Bonchev–Trinajstić information content (AvgIpc) is 2.34. The zero-order chi connectivity index (χ0) is 13.1. The van der Waals surface area contributed by atoms with Gasteiger partial charge in [-0.1, -0.05) is 0 Å². The van der Waals surface area contributed by atoms with Crippen molar-refractivity contribution < 1.29 is 14.3 Å². The zero-order valence-electron chi connectivity index (χ0n) is 10.4. The fraction of sp³-hybridized carbons (Fsp3) is 0.462. The summed E-state index contributed by atoms with van der Waals surface area (Å²) in [6, 6.07) is 3.01. The van der Waals surface area contributed by atoms with Gasteiger partial charge in [0, 0.05) is 32.7 Å². The van der Waals surface area contributed by atoms with Crippen molar-refractivity contribution in [2.75, 3.05) is 26.2 Å². The number of carbonyl (C=O) groups is 1. The number of aromatic carboxylic acids is 1. The van der Waals surface area contributed by atoms with Gasteiger partial charge in [0.15, 0.2) is 0 Å². The Morgan fingerprint density at radius 3 is 2.72 bits per heavy atom. The van der Waals surface area contributed by atoms with Crippen LogP contribution in [0.5, 0.6) is 0 Å². The summed E-state index contributed by atoms with van der Waals surface area (Å²) >= 11 is 0. The van der Waals surface area contributed by atoms with Crippen LogP contribution in [-0.2, 0) is 6.54 Å². The molecular formula is C13H17FN2O2. The third-order valence-corrected chi connectivity index (χ3v) is 3.25. The van der Waals surface area contributed by atoms with Gasteiger partial charge in [-0.2, -0.15) is 0 Å². The van der Waals surface area contributed by atoms with Crippen LogP contribution in [0.2, 0.25) is 0 Å². The highest BCUT2D eigenvalue weighted by atomic mass is 19.1. The van der Waals surface area contributed by atoms with Gasteiger partial charge in [0.05, 0.1) is 5.56 Å². The highest BCUT2D eigenvalue weighted by Crippen LogP contribution is 2.17. The summed E-state index contributed by atoms with van der Waals surface area (Å²) < 4.78 is 13.7. The van der Waals surface area contributed by atoms with Crippen LogP contribution >= 0.6 is 0 Å². The topological polar surface area (TPSA) is 52.6 Å². The Hall–Kier alpha value is -1.46. The Kier molecular flexibility index (Phi) is 3.93. The van der Waals surface area contributed by atoms with Crippen LogP contribution in [0.4, 0.5) is 4.39 Å². The first kappa shape index (κ1) is 13.0. The first-order chi connectivity index (χ1) is 8.58. The van der Waals surface area contributed by atoms with E-state index in [9.17, 15) is 9.18 Å². The second kappa shape index (κ2) is 5.46. The van der Waals surface area contributed by atoms with Gasteiger partial charge in [-0.3, -0.25) is 4.90 Å². The molecule has 0 spiro atoms. The number of rotatable bonds is 3. The maximum atomic E-state index is 13.7. The molecular weight excluding hydrogens is 235 g/mol. The lowest BCUT2D eigenvalue weighted by Gasteiger charge is -2.27. The minimum Gasteiger partial charge on any atom is -0.478 e. The van der Waals surface area contributed by atoms with E-state index in [1.165, 1.54) is 13.0 Å². The van der Waals surface area contributed by atoms with Crippen molar-refractivity contribution in [3.8, 4) is 0 Å². The summed E-state index contributed by atoms with van der Waals surface area (Å²) in [6.45, 7) is 5.72. The molecule has 98 valence electrons. The predicted molar refractivity (Wildman–Crippen MR) is 66.2 cm³/mol. The molecule has 5 heteroatoms. The first-order valence-electron chi connectivity index (χ1n) is 6.03. The molecule has 1 saturated heterocycles. The van der Waals surface area contributed by atoms with Gasteiger partial charge in [0.2, 0.25) is 0 Å².